The van der Waals surface area contributed by atoms with Crippen molar-refractivity contribution >= 4 is 53.1 Å². The van der Waals surface area contributed by atoms with Crippen molar-refractivity contribution in [2.45, 2.75) is 31.0 Å². The number of primary amides is 1. The van der Waals surface area contributed by atoms with Crippen molar-refractivity contribution in [2.75, 3.05) is 18.8 Å². The zero-order valence-corrected chi connectivity index (χ0v) is 22.6. The molecule has 0 aliphatic rings. The molecule has 0 fully saturated rings. The molecule has 3 atom stereocenters. The molecule has 3 aromatic rings. The van der Waals surface area contributed by atoms with E-state index in [2.05, 4.69) is 38.9 Å². The molecular weight excluding hydrogens is 534 g/mol. The van der Waals surface area contributed by atoms with E-state index >= 15 is 0 Å². The van der Waals surface area contributed by atoms with Crippen molar-refractivity contribution in [1.82, 2.24) is 26.3 Å². The van der Waals surface area contributed by atoms with Crippen LogP contribution in [0.25, 0.3) is 10.9 Å². The fourth-order valence-electron chi connectivity index (χ4n) is 4.08. The summed E-state index contributed by atoms with van der Waals surface area (Å²) in [5, 5.41) is 11.1. The molecule has 0 saturated heterocycles. The second kappa shape index (κ2) is 14.7. The highest BCUT2D eigenvalue weighted by Gasteiger charge is 2.30. The third-order valence-electron chi connectivity index (χ3n) is 6.10. The van der Waals surface area contributed by atoms with Gasteiger partial charge in [-0.05, 0) is 17.2 Å². The van der Waals surface area contributed by atoms with Gasteiger partial charge >= 0.3 is 0 Å². The third kappa shape index (κ3) is 8.58. The Labute approximate surface area is 236 Å². The fourth-order valence-corrected chi connectivity index (χ4v) is 4.34. The molecule has 3 rings (SSSR count). The Bertz CT molecular complexity index is 1350. The second-order valence-corrected chi connectivity index (χ2v) is 9.43. The highest BCUT2D eigenvalue weighted by atomic mass is 32.1. The Morgan fingerprint density at radius 1 is 0.800 bits per heavy atom. The first-order valence-electron chi connectivity index (χ1n) is 12.6. The van der Waals surface area contributed by atoms with Crippen LogP contribution < -0.4 is 32.7 Å². The molecule has 5 amide bonds. The number of carbonyl (C=O) groups excluding carboxylic acids is 5. The largest absolute Gasteiger partial charge is 0.368 e. The van der Waals surface area contributed by atoms with Crippen molar-refractivity contribution in [2.24, 2.45) is 11.5 Å². The van der Waals surface area contributed by atoms with Gasteiger partial charge in [-0.25, -0.2) is 0 Å². The minimum absolute atomic E-state index is 0.0713. The maximum absolute atomic E-state index is 13.5. The summed E-state index contributed by atoms with van der Waals surface area (Å²) in [6, 6.07) is 13.3. The van der Waals surface area contributed by atoms with E-state index in [9.17, 15) is 24.0 Å². The van der Waals surface area contributed by atoms with Gasteiger partial charge in [0, 0.05) is 35.7 Å². The number of amides is 5. The Hall–Kier alpha value is -4.36. The number of fused-ring (bicyclic) bond motifs is 1. The minimum atomic E-state index is -1.11. The van der Waals surface area contributed by atoms with Gasteiger partial charge in [0.15, 0.2) is 0 Å². The Kier molecular flexibility index (Phi) is 11.1. The Balaban J connectivity index is 1.82. The summed E-state index contributed by atoms with van der Waals surface area (Å²) in [5.41, 5.74) is 13.0. The molecule has 12 nitrogen and oxygen atoms in total. The molecule has 0 bridgehead atoms. The molecule has 212 valence electrons. The Morgan fingerprint density at radius 3 is 2.08 bits per heavy atom. The molecule has 0 unspecified atom stereocenters. The number of rotatable bonds is 14. The molecule has 0 radical (unpaired) electrons. The van der Waals surface area contributed by atoms with Crippen molar-refractivity contribution in [1.29, 1.82) is 0 Å². The summed E-state index contributed by atoms with van der Waals surface area (Å²) in [5.74, 6) is -3.26. The number of aromatic amines is 1. The summed E-state index contributed by atoms with van der Waals surface area (Å²) < 4.78 is 0. The van der Waals surface area contributed by atoms with Crippen LogP contribution in [0.3, 0.4) is 0 Å². The lowest BCUT2D eigenvalue weighted by molar-refractivity contribution is -0.133. The van der Waals surface area contributed by atoms with Crippen LogP contribution in [0.15, 0.2) is 60.8 Å². The first-order valence-corrected chi connectivity index (χ1v) is 13.2. The standard InChI is InChI=1S/C27H33N7O5S/c28-12-24(36)32-21(11-17-13-30-19-9-5-4-8-18(17)19)27(39)33-20(10-16-6-2-1-3-7-16)26(38)34-22(15-40)25(37)31-14-23(29)35/h1-9,13,20-22,30,40H,10-12,14-15,28H2,(H2,29,35)(H,31,37)(H,32,36)(H,33,39)(H,34,38)/t20-,21-,22-/m0/s1. The van der Waals surface area contributed by atoms with Crippen molar-refractivity contribution in [3.8, 4) is 0 Å². The lowest BCUT2D eigenvalue weighted by Gasteiger charge is -2.25. The van der Waals surface area contributed by atoms with Crippen molar-refractivity contribution in [3.05, 3.63) is 71.9 Å². The summed E-state index contributed by atoms with van der Waals surface area (Å²) in [4.78, 5) is 65.7. The first-order chi connectivity index (χ1) is 19.2. The molecular formula is C27H33N7O5S. The highest BCUT2D eigenvalue weighted by molar-refractivity contribution is 7.80. The van der Waals surface area contributed by atoms with Gasteiger partial charge in [-0.1, -0.05) is 48.5 Å². The minimum Gasteiger partial charge on any atom is -0.368 e. The Morgan fingerprint density at radius 2 is 1.43 bits per heavy atom. The number of thiol groups is 1. The van der Waals surface area contributed by atoms with Crippen LogP contribution in [0, 0.1) is 0 Å². The van der Waals surface area contributed by atoms with Crippen LogP contribution in [-0.4, -0.2) is 71.5 Å². The van der Waals surface area contributed by atoms with Crippen LogP contribution in [0.2, 0.25) is 0 Å². The van der Waals surface area contributed by atoms with Crippen LogP contribution in [-0.2, 0) is 36.8 Å². The van der Waals surface area contributed by atoms with E-state index in [-0.39, 0.29) is 25.1 Å². The molecule has 0 spiro atoms. The molecule has 1 heterocycles. The van der Waals surface area contributed by atoms with E-state index in [0.29, 0.717) is 0 Å². The van der Waals surface area contributed by atoms with E-state index in [0.717, 1.165) is 22.0 Å². The van der Waals surface area contributed by atoms with Crippen LogP contribution in [0.4, 0.5) is 0 Å². The molecule has 0 aliphatic carbocycles. The van der Waals surface area contributed by atoms with Crippen molar-refractivity contribution < 1.29 is 24.0 Å². The van der Waals surface area contributed by atoms with Crippen LogP contribution >= 0.6 is 12.6 Å². The predicted octanol–water partition coefficient (Wildman–Crippen LogP) is -1.10. The first kappa shape index (κ1) is 30.2. The molecule has 1 aromatic heterocycles. The smallest absolute Gasteiger partial charge is 0.243 e. The summed E-state index contributed by atoms with van der Waals surface area (Å²) >= 11 is 4.13. The predicted molar refractivity (Wildman–Crippen MR) is 153 cm³/mol. The zero-order valence-electron chi connectivity index (χ0n) is 21.7. The van der Waals surface area contributed by atoms with Gasteiger partial charge in [-0.2, -0.15) is 12.6 Å². The van der Waals surface area contributed by atoms with Crippen LogP contribution in [0.1, 0.15) is 11.1 Å². The third-order valence-corrected chi connectivity index (χ3v) is 6.47. The summed E-state index contributed by atoms with van der Waals surface area (Å²) in [6.07, 6.45) is 2.00. The van der Waals surface area contributed by atoms with Gasteiger partial charge in [-0.3, -0.25) is 24.0 Å². The zero-order chi connectivity index (χ0) is 29.1. The van der Waals surface area contributed by atoms with Gasteiger partial charge < -0.3 is 37.7 Å². The number of benzene rings is 2. The van der Waals surface area contributed by atoms with Gasteiger partial charge in [-0.15, -0.1) is 0 Å². The number of nitrogens with two attached hydrogens (primary N) is 2. The van der Waals surface area contributed by atoms with E-state index in [1.54, 1.807) is 30.5 Å². The average molecular weight is 568 g/mol. The van der Waals surface area contributed by atoms with Gasteiger partial charge in [0.25, 0.3) is 0 Å². The average Bonchev–Trinajstić information content (AvgIpc) is 3.36. The fraction of sp³-hybridized carbons (Fsp3) is 0.296. The van der Waals surface area contributed by atoms with Gasteiger partial charge in [0.05, 0.1) is 13.1 Å². The number of hydrogen-bond donors (Lipinski definition) is 8. The molecule has 13 heteroatoms. The topological polar surface area (TPSA) is 201 Å². The van der Waals surface area contributed by atoms with E-state index in [1.807, 2.05) is 30.3 Å². The molecule has 9 N–H and O–H groups in total. The lowest BCUT2D eigenvalue weighted by Crippen LogP contribution is -2.58. The second-order valence-electron chi connectivity index (χ2n) is 9.07. The summed E-state index contributed by atoms with van der Waals surface area (Å²) in [6.45, 7) is -0.727. The molecule has 40 heavy (non-hydrogen) atoms. The quantitative estimate of drug-likeness (QED) is 0.114. The van der Waals surface area contributed by atoms with E-state index < -0.39 is 54.2 Å². The number of aromatic nitrogens is 1. The number of hydrogen-bond acceptors (Lipinski definition) is 7. The van der Waals surface area contributed by atoms with Gasteiger partial charge in [0.1, 0.15) is 18.1 Å². The SMILES string of the molecule is NCC(=O)N[C@@H](Cc1c[nH]c2ccccc12)C(=O)N[C@@H](Cc1ccccc1)C(=O)N[C@@H](CS)C(=O)NCC(N)=O. The molecule has 0 saturated carbocycles. The number of H-pyrrole nitrogens is 1. The maximum Gasteiger partial charge on any atom is 0.243 e. The lowest BCUT2D eigenvalue weighted by atomic mass is 10.0. The maximum atomic E-state index is 13.5. The molecule has 2 aromatic carbocycles. The number of nitrogens with one attached hydrogen (secondary N) is 5. The number of carbonyl (C=O) groups is 5. The van der Waals surface area contributed by atoms with Crippen LogP contribution in [0.5, 0.6) is 0 Å². The van der Waals surface area contributed by atoms with E-state index in [1.165, 1.54) is 0 Å². The van der Waals surface area contributed by atoms with Gasteiger partial charge in [0.2, 0.25) is 29.5 Å². The summed E-state index contributed by atoms with van der Waals surface area (Å²) in [7, 11) is 0. The number of para-hydroxylation sites is 1. The normalized spacial score (nSPS) is 13.1. The molecule has 0 aliphatic heterocycles. The highest BCUT2D eigenvalue weighted by Crippen LogP contribution is 2.19. The van der Waals surface area contributed by atoms with Crippen molar-refractivity contribution in [3.63, 3.8) is 0 Å². The van der Waals surface area contributed by atoms with E-state index in [4.69, 9.17) is 11.5 Å². The monoisotopic (exact) mass is 567 g/mol.